The monoisotopic (exact) mass is 353 g/mol. The van der Waals surface area contributed by atoms with Crippen LogP contribution in [0.2, 0.25) is 0 Å². The minimum Gasteiger partial charge on any atom is -0.496 e. The molecule has 0 aliphatic rings. The summed E-state index contributed by atoms with van der Waals surface area (Å²) in [6, 6.07) is 16.7. The predicted octanol–water partition coefficient (Wildman–Crippen LogP) is 4.16. The van der Waals surface area contributed by atoms with Crippen LogP contribution in [0.5, 0.6) is 5.75 Å². The Morgan fingerprint density at radius 1 is 1.08 bits per heavy atom. The van der Waals surface area contributed by atoms with Crippen molar-refractivity contribution in [3.63, 3.8) is 0 Å². The number of methoxy groups -OCH3 is 1. The molecule has 4 heteroatoms. The zero-order chi connectivity index (χ0) is 19.4. The first-order valence-electron chi connectivity index (χ1n) is 8.57. The molecule has 0 aromatic heterocycles. The Balaban J connectivity index is 2.66. The van der Waals surface area contributed by atoms with Crippen LogP contribution in [0.4, 0.5) is 0 Å². The van der Waals surface area contributed by atoms with Crippen LogP contribution in [0, 0.1) is 0 Å². The second-order valence-corrected chi connectivity index (χ2v) is 7.19. The van der Waals surface area contributed by atoms with Crippen LogP contribution in [0.1, 0.15) is 37.8 Å². The number of nitrogens with two attached hydrogens (primary N) is 1. The lowest BCUT2D eigenvalue weighted by Gasteiger charge is -2.37. The summed E-state index contributed by atoms with van der Waals surface area (Å²) in [7, 11) is 1.59. The van der Waals surface area contributed by atoms with E-state index in [0.717, 1.165) is 5.56 Å². The standard InChI is InChI=1S/C22H27NO3/c1-6-18(17-14-10-11-15-19(17)25-5)22(23,16-12-8-7-9-13-16)20(24)26-21(2,3)4/h6-15,18H,1,23H2,2-5H3/t18-,22+/m0/s1. The first-order valence-corrected chi connectivity index (χ1v) is 8.57. The van der Waals surface area contributed by atoms with E-state index in [9.17, 15) is 4.79 Å². The summed E-state index contributed by atoms with van der Waals surface area (Å²) >= 11 is 0. The highest BCUT2D eigenvalue weighted by Gasteiger charge is 2.46. The number of para-hydroxylation sites is 1. The lowest BCUT2D eigenvalue weighted by atomic mass is 9.74. The summed E-state index contributed by atoms with van der Waals surface area (Å²) < 4.78 is 11.2. The average Bonchev–Trinajstić information content (AvgIpc) is 2.61. The lowest BCUT2D eigenvalue weighted by molar-refractivity contribution is -0.162. The second kappa shape index (κ2) is 7.75. The van der Waals surface area contributed by atoms with E-state index in [4.69, 9.17) is 15.2 Å². The van der Waals surface area contributed by atoms with E-state index >= 15 is 0 Å². The van der Waals surface area contributed by atoms with Crippen LogP contribution in [-0.2, 0) is 15.1 Å². The molecule has 26 heavy (non-hydrogen) atoms. The molecule has 0 aliphatic heterocycles. The molecule has 2 rings (SSSR count). The largest absolute Gasteiger partial charge is 0.496 e. The fraction of sp³-hybridized carbons (Fsp3) is 0.318. The molecule has 0 heterocycles. The number of ether oxygens (including phenoxy) is 2. The van der Waals surface area contributed by atoms with Crippen LogP contribution in [0.15, 0.2) is 67.3 Å². The van der Waals surface area contributed by atoms with Gasteiger partial charge in [-0.05, 0) is 32.4 Å². The van der Waals surface area contributed by atoms with E-state index in [1.807, 2.05) is 75.4 Å². The highest BCUT2D eigenvalue weighted by atomic mass is 16.6. The third kappa shape index (κ3) is 3.97. The first kappa shape index (κ1) is 19.7. The topological polar surface area (TPSA) is 61.5 Å². The average molecular weight is 353 g/mol. The van der Waals surface area contributed by atoms with Gasteiger partial charge in [0, 0.05) is 11.5 Å². The van der Waals surface area contributed by atoms with Crippen LogP contribution in [0.25, 0.3) is 0 Å². The highest BCUT2D eigenvalue weighted by molar-refractivity contribution is 5.85. The molecule has 2 N–H and O–H groups in total. The van der Waals surface area contributed by atoms with Gasteiger partial charge in [0.15, 0.2) is 5.54 Å². The van der Waals surface area contributed by atoms with Gasteiger partial charge in [-0.2, -0.15) is 0 Å². The highest BCUT2D eigenvalue weighted by Crippen LogP contribution is 2.41. The van der Waals surface area contributed by atoms with Gasteiger partial charge in [-0.1, -0.05) is 54.6 Å². The molecule has 0 fully saturated rings. The minimum absolute atomic E-state index is 0.507. The molecule has 138 valence electrons. The second-order valence-electron chi connectivity index (χ2n) is 7.19. The van der Waals surface area contributed by atoms with E-state index in [1.165, 1.54) is 0 Å². The van der Waals surface area contributed by atoms with Crippen molar-refractivity contribution in [1.82, 2.24) is 0 Å². The minimum atomic E-state index is -1.44. The first-order chi connectivity index (χ1) is 12.2. The molecule has 0 bridgehead atoms. The van der Waals surface area contributed by atoms with Crippen LogP contribution in [0.3, 0.4) is 0 Å². The van der Waals surface area contributed by atoms with Crippen molar-refractivity contribution in [2.45, 2.75) is 37.8 Å². The summed E-state index contributed by atoms with van der Waals surface area (Å²) in [6.45, 7) is 9.41. The third-order valence-corrected chi connectivity index (χ3v) is 4.19. The Hall–Kier alpha value is -2.59. The predicted molar refractivity (Wildman–Crippen MR) is 104 cm³/mol. The molecular formula is C22H27NO3. The van der Waals surface area contributed by atoms with Gasteiger partial charge in [0.1, 0.15) is 11.4 Å². The van der Waals surface area contributed by atoms with Gasteiger partial charge in [-0.25, -0.2) is 4.79 Å². The van der Waals surface area contributed by atoms with Crippen molar-refractivity contribution in [3.8, 4) is 5.75 Å². The molecule has 0 amide bonds. The third-order valence-electron chi connectivity index (χ3n) is 4.19. The summed E-state index contributed by atoms with van der Waals surface area (Å²) in [4.78, 5) is 13.2. The van der Waals surface area contributed by atoms with E-state index < -0.39 is 23.0 Å². The summed E-state index contributed by atoms with van der Waals surface area (Å²) in [5.41, 5.74) is 6.11. The molecule has 2 aromatic carbocycles. The Bertz CT molecular complexity index is 764. The zero-order valence-electron chi connectivity index (χ0n) is 15.9. The fourth-order valence-electron chi connectivity index (χ4n) is 2.98. The number of carbonyl (C=O) groups excluding carboxylic acids is 1. The van der Waals surface area contributed by atoms with E-state index in [-0.39, 0.29) is 0 Å². The van der Waals surface area contributed by atoms with Crippen molar-refractivity contribution in [3.05, 3.63) is 78.4 Å². The summed E-state index contributed by atoms with van der Waals surface area (Å²) in [5.74, 6) is -0.394. The number of esters is 1. The number of benzene rings is 2. The van der Waals surface area contributed by atoms with Crippen molar-refractivity contribution < 1.29 is 14.3 Å². The molecule has 0 radical (unpaired) electrons. The molecule has 0 spiro atoms. The summed E-state index contributed by atoms with van der Waals surface area (Å²) in [6.07, 6.45) is 1.68. The van der Waals surface area contributed by atoms with Gasteiger partial charge in [-0.15, -0.1) is 6.58 Å². The van der Waals surface area contributed by atoms with Crippen LogP contribution < -0.4 is 10.5 Å². The Labute approximate surface area is 155 Å². The van der Waals surface area contributed by atoms with E-state index in [1.54, 1.807) is 13.2 Å². The SMILES string of the molecule is C=C[C@@H](c1ccccc1OC)[C@@](N)(C(=O)OC(C)(C)C)c1ccccc1. The number of hydrogen-bond acceptors (Lipinski definition) is 4. The molecular weight excluding hydrogens is 326 g/mol. The van der Waals surface area contributed by atoms with Gasteiger partial charge >= 0.3 is 5.97 Å². The zero-order valence-corrected chi connectivity index (χ0v) is 15.9. The van der Waals surface area contributed by atoms with Gasteiger partial charge < -0.3 is 15.2 Å². The lowest BCUT2D eigenvalue weighted by Crippen LogP contribution is -2.52. The Kier molecular flexibility index (Phi) is 5.88. The molecule has 2 atom stereocenters. The molecule has 2 aromatic rings. The molecule has 4 nitrogen and oxygen atoms in total. The Morgan fingerprint density at radius 3 is 2.19 bits per heavy atom. The van der Waals surface area contributed by atoms with Crippen molar-refractivity contribution in [2.24, 2.45) is 5.73 Å². The quantitative estimate of drug-likeness (QED) is 0.626. The maximum absolute atomic E-state index is 13.2. The van der Waals surface area contributed by atoms with Gasteiger partial charge in [0.05, 0.1) is 7.11 Å². The molecule has 0 saturated carbocycles. The van der Waals surface area contributed by atoms with Crippen molar-refractivity contribution in [1.29, 1.82) is 0 Å². The maximum atomic E-state index is 13.2. The van der Waals surface area contributed by atoms with Crippen molar-refractivity contribution in [2.75, 3.05) is 7.11 Å². The van der Waals surface area contributed by atoms with Crippen LogP contribution >= 0.6 is 0 Å². The number of carbonyl (C=O) groups is 1. The normalized spacial score (nSPS) is 14.8. The Morgan fingerprint density at radius 2 is 1.65 bits per heavy atom. The molecule has 0 unspecified atom stereocenters. The maximum Gasteiger partial charge on any atom is 0.332 e. The number of hydrogen-bond donors (Lipinski definition) is 1. The van der Waals surface area contributed by atoms with E-state index in [2.05, 4.69) is 6.58 Å². The van der Waals surface area contributed by atoms with Gasteiger partial charge in [0.25, 0.3) is 0 Å². The van der Waals surface area contributed by atoms with Crippen molar-refractivity contribution >= 4 is 5.97 Å². The van der Waals surface area contributed by atoms with E-state index in [0.29, 0.717) is 11.3 Å². The summed E-state index contributed by atoms with van der Waals surface area (Å²) in [5, 5.41) is 0. The van der Waals surface area contributed by atoms with Gasteiger partial charge in [-0.3, -0.25) is 0 Å². The number of rotatable bonds is 6. The van der Waals surface area contributed by atoms with Gasteiger partial charge in [0.2, 0.25) is 0 Å². The fourth-order valence-corrected chi connectivity index (χ4v) is 2.98. The molecule has 0 saturated heterocycles. The smallest absolute Gasteiger partial charge is 0.332 e. The molecule has 0 aliphatic carbocycles. The van der Waals surface area contributed by atoms with Crippen LogP contribution in [-0.4, -0.2) is 18.7 Å².